The number of aryl methyl sites for hydroxylation is 1. The molecule has 9 heteroatoms. The third-order valence-electron chi connectivity index (χ3n) is 6.37. The fourth-order valence-corrected chi connectivity index (χ4v) is 4.53. The second kappa shape index (κ2) is 9.27. The Labute approximate surface area is 212 Å². The van der Waals surface area contributed by atoms with E-state index in [1.165, 1.54) is 0 Å². The number of pyridine rings is 3. The van der Waals surface area contributed by atoms with Crippen LogP contribution in [0.2, 0.25) is 0 Å². The number of aromatic nitrogens is 7. The van der Waals surface area contributed by atoms with Gasteiger partial charge >= 0.3 is 0 Å². The van der Waals surface area contributed by atoms with Crippen molar-refractivity contribution in [3.63, 3.8) is 0 Å². The fraction of sp³-hybridized carbons (Fsp3) is 0.143. The summed E-state index contributed by atoms with van der Waals surface area (Å²) in [7, 11) is 1.97. The van der Waals surface area contributed by atoms with Crippen LogP contribution in [0.15, 0.2) is 73.6 Å². The molecule has 9 nitrogen and oxygen atoms in total. The maximum atomic E-state index is 12.1. The summed E-state index contributed by atoms with van der Waals surface area (Å²) in [5, 5.41) is 11.6. The van der Waals surface area contributed by atoms with Crippen molar-refractivity contribution in [1.82, 2.24) is 34.7 Å². The average molecular weight is 489 g/mol. The number of hydrogen-bond donors (Lipinski definition) is 2. The molecule has 0 aliphatic carbocycles. The van der Waals surface area contributed by atoms with Crippen LogP contribution in [-0.4, -0.2) is 40.6 Å². The van der Waals surface area contributed by atoms with E-state index in [9.17, 15) is 4.79 Å². The van der Waals surface area contributed by atoms with E-state index in [0.717, 1.165) is 62.1 Å². The number of anilines is 1. The van der Waals surface area contributed by atoms with Gasteiger partial charge in [0.2, 0.25) is 5.91 Å². The molecule has 5 aromatic heterocycles. The van der Waals surface area contributed by atoms with Gasteiger partial charge in [-0.15, -0.1) is 0 Å². The molecule has 0 aliphatic heterocycles. The summed E-state index contributed by atoms with van der Waals surface area (Å²) >= 11 is 0. The van der Waals surface area contributed by atoms with Crippen LogP contribution >= 0.6 is 0 Å². The number of imidazole rings is 1. The smallest absolute Gasteiger partial charge is 0.224 e. The number of hydrogen-bond acceptors (Lipinski definition) is 6. The molecule has 1 amide bonds. The molecule has 0 radical (unpaired) electrons. The van der Waals surface area contributed by atoms with Gasteiger partial charge in [-0.2, -0.15) is 5.10 Å². The van der Waals surface area contributed by atoms with Crippen molar-refractivity contribution in [3.8, 4) is 33.8 Å². The minimum atomic E-state index is -0.0176. The van der Waals surface area contributed by atoms with E-state index in [4.69, 9.17) is 4.98 Å². The predicted molar refractivity (Wildman–Crippen MR) is 144 cm³/mol. The molecule has 0 bridgehead atoms. The van der Waals surface area contributed by atoms with Crippen molar-refractivity contribution in [2.24, 2.45) is 7.05 Å². The molecule has 0 saturated carbocycles. The Balaban J connectivity index is 1.44. The van der Waals surface area contributed by atoms with Crippen molar-refractivity contribution in [2.45, 2.75) is 19.8 Å². The second-order valence-corrected chi connectivity index (χ2v) is 8.88. The lowest BCUT2D eigenvalue weighted by molar-refractivity contribution is -0.116. The van der Waals surface area contributed by atoms with E-state index in [-0.39, 0.29) is 5.91 Å². The molecule has 1 aromatic carbocycles. The number of H-pyrrole nitrogens is 1. The van der Waals surface area contributed by atoms with Crippen LogP contribution in [0, 0.1) is 0 Å². The second-order valence-electron chi connectivity index (χ2n) is 8.88. The van der Waals surface area contributed by atoms with Crippen molar-refractivity contribution >= 4 is 33.5 Å². The van der Waals surface area contributed by atoms with Crippen LogP contribution in [0.3, 0.4) is 0 Å². The van der Waals surface area contributed by atoms with Gasteiger partial charge in [-0.05, 0) is 36.2 Å². The van der Waals surface area contributed by atoms with Crippen molar-refractivity contribution < 1.29 is 4.79 Å². The number of rotatable bonds is 6. The molecule has 182 valence electrons. The van der Waals surface area contributed by atoms with Crippen LogP contribution in [0.1, 0.15) is 19.8 Å². The summed E-state index contributed by atoms with van der Waals surface area (Å²) in [6.45, 7) is 1.98. The van der Waals surface area contributed by atoms with Crippen LogP contribution < -0.4 is 5.32 Å². The van der Waals surface area contributed by atoms with Crippen molar-refractivity contribution in [2.75, 3.05) is 5.32 Å². The molecule has 2 N–H and O–H groups in total. The van der Waals surface area contributed by atoms with Gasteiger partial charge < -0.3 is 9.88 Å². The first-order valence-corrected chi connectivity index (χ1v) is 12.1. The summed E-state index contributed by atoms with van der Waals surface area (Å²) in [6, 6.07) is 11.9. The molecule has 0 atom stereocenters. The van der Waals surface area contributed by atoms with Gasteiger partial charge in [0.25, 0.3) is 0 Å². The summed E-state index contributed by atoms with van der Waals surface area (Å²) in [4.78, 5) is 30.1. The van der Waals surface area contributed by atoms with Gasteiger partial charge in [0.1, 0.15) is 11.2 Å². The Kier molecular flexibility index (Phi) is 5.65. The summed E-state index contributed by atoms with van der Waals surface area (Å²) in [6.07, 6.45) is 11.9. The van der Waals surface area contributed by atoms with Crippen LogP contribution in [0.4, 0.5) is 5.69 Å². The minimum Gasteiger partial charge on any atom is -0.325 e. The van der Waals surface area contributed by atoms with Crippen LogP contribution in [0.25, 0.3) is 55.7 Å². The molecule has 0 aliphatic rings. The first kappa shape index (κ1) is 22.5. The highest BCUT2D eigenvalue weighted by molar-refractivity contribution is 5.98. The number of carbonyl (C=O) groups excluding carboxylic acids is 1. The van der Waals surface area contributed by atoms with E-state index in [2.05, 4.69) is 36.5 Å². The lowest BCUT2D eigenvalue weighted by atomic mass is 10.0. The van der Waals surface area contributed by atoms with Gasteiger partial charge in [0, 0.05) is 60.3 Å². The van der Waals surface area contributed by atoms with Crippen LogP contribution in [0.5, 0.6) is 0 Å². The minimum absolute atomic E-state index is 0.0176. The highest BCUT2D eigenvalue weighted by Crippen LogP contribution is 2.34. The molecule has 6 aromatic rings. The normalized spacial score (nSPS) is 11.3. The molecule has 37 heavy (non-hydrogen) atoms. The standard InChI is InChI=1S/C28H24N8O/c1-3-5-25(37)32-20-10-19(13-30-14-20)17-7-8-23-21(11-17)27(35-34-23)28-33-26-22(18-6-4-9-29-12-18)15-31-16-24(26)36(28)2/h4,6-16H,3,5H2,1-2H3,(H,32,37)(H,34,35). The zero-order chi connectivity index (χ0) is 25.4. The molecule has 0 unspecified atom stereocenters. The first-order valence-electron chi connectivity index (χ1n) is 12.1. The maximum absolute atomic E-state index is 12.1. The number of nitrogens with one attached hydrogen (secondary N) is 2. The van der Waals surface area contributed by atoms with E-state index in [1.54, 1.807) is 18.6 Å². The highest BCUT2D eigenvalue weighted by Gasteiger charge is 2.19. The van der Waals surface area contributed by atoms with E-state index < -0.39 is 0 Å². The Morgan fingerprint density at radius 2 is 1.84 bits per heavy atom. The zero-order valence-corrected chi connectivity index (χ0v) is 20.4. The van der Waals surface area contributed by atoms with Crippen molar-refractivity contribution in [3.05, 3.63) is 73.6 Å². The van der Waals surface area contributed by atoms with Gasteiger partial charge in [-0.25, -0.2) is 4.98 Å². The molecule has 0 fully saturated rings. The zero-order valence-electron chi connectivity index (χ0n) is 20.4. The number of benzene rings is 1. The van der Waals surface area contributed by atoms with E-state index in [0.29, 0.717) is 12.1 Å². The SMILES string of the molecule is CCCC(=O)Nc1cncc(-c2ccc3[nH]nc(-c4nc5c(-c6cccnc6)cncc5n4C)c3c2)c1. The number of nitrogens with zero attached hydrogens (tertiary/aromatic N) is 6. The third kappa shape index (κ3) is 4.10. The maximum Gasteiger partial charge on any atom is 0.224 e. The highest BCUT2D eigenvalue weighted by atomic mass is 16.1. The number of aromatic amines is 1. The Morgan fingerprint density at radius 3 is 2.68 bits per heavy atom. The fourth-order valence-electron chi connectivity index (χ4n) is 4.53. The molecular weight excluding hydrogens is 464 g/mol. The van der Waals surface area contributed by atoms with Gasteiger partial charge in [0.05, 0.1) is 29.1 Å². The van der Waals surface area contributed by atoms with Crippen LogP contribution in [-0.2, 0) is 11.8 Å². The number of amides is 1. The quantitative estimate of drug-likeness (QED) is 0.326. The lowest BCUT2D eigenvalue weighted by Crippen LogP contribution is -2.10. The summed E-state index contributed by atoms with van der Waals surface area (Å²) < 4.78 is 2.01. The van der Waals surface area contributed by atoms with Crippen molar-refractivity contribution in [1.29, 1.82) is 0 Å². The summed E-state index contributed by atoms with van der Waals surface area (Å²) in [5.41, 5.74) is 7.80. The summed E-state index contributed by atoms with van der Waals surface area (Å²) in [5.74, 6) is 0.714. The largest absolute Gasteiger partial charge is 0.325 e. The van der Waals surface area contributed by atoms with Gasteiger partial charge in [-0.1, -0.05) is 19.1 Å². The Morgan fingerprint density at radius 1 is 0.973 bits per heavy atom. The van der Waals surface area contributed by atoms with E-state index >= 15 is 0 Å². The third-order valence-corrected chi connectivity index (χ3v) is 6.37. The first-order chi connectivity index (χ1) is 18.1. The Hall–Kier alpha value is -4.92. The topological polar surface area (TPSA) is 114 Å². The number of carbonyl (C=O) groups is 1. The van der Waals surface area contributed by atoms with Gasteiger partial charge in [-0.3, -0.25) is 24.8 Å². The number of fused-ring (bicyclic) bond motifs is 2. The molecule has 0 saturated heterocycles. The van der Waals surface area contributed by atoms with Gasteiger partial charge in [0.15, 0.2) is 5.82 Å². The predicted octanol–water partition coefficient (Wildman–Crippen LogP) is 5.37. The molecule has 5 heterocycles. The lowest BCUT2D eigenvalue weighted by Gasteiger charge is -2.07. The monoisotopic (exact) mass is 488 g/mol. The Bertz CT molecular complexity index is 1750. The molecule has 6 rings (SSSR count). The molecule has 0 spiro atoms. The average Bonchev–Trinajstić information content (AvgIpc) is 3.49. The molecular formula is C28H24N8O. The van der Waals surface area contributed by atoms with E-state index in [1.807, 2.05) is 67.5 Å².